The summed E-state index contributed by atoms with van der Waals surface area (Å²) in [7, 11) is 0. The molecule has 10 nitrogen and oxygen atoms in total. The highest BCUT2D eigenvalue weighted by molar-refractivity contribution is 7.19. The second-order valence-electron chi connectivity index (χ2n) is 12.4. The number of benzene rings is 1. The van der Waals surface area contributed by atoms with Crippen molar-refractivity contribution in [1.29, 1.82) is 0 Å². The Morgan fingerprint density at radius 1 is 0.833 bits per heavy atom. The third-order valence-corrected chi connectivity index (χ3v) is 9.06. The quantitative estimate of drug-likeness (QED) is 0.0683. The van der Waals surface area contributed by atoms with E-state index >= 15 is 0 Å². The van der Waals surface area contributed by atoms with E-state index in [9.17, 15) is 9.59 Å². The van der Waals surface area contributed by atoms with Crippen molar-refractivity contribution in [2.75, 3.05) is 18.4 Å². The molecule has 1 aromatic carbocycles. The number of amides is 2. The first-order valence-corrected chi connectivity index (χ1v) is 19.1. The highest BCUT2D eigenvalue weighted by Gasteiger charge is 2.20. The zero-order valence-electron chi connectivity index (χ0n) is 29.7. The van der Waals surface area contributed by atoms with Gasteiger partial charge in [0, 0.05) is 18.5 Å². The summed E-state index contributed by atoms with van der Waals surface area (Å²) in [4.78, 5) is 32.9. The van der Waals surface area contributed by atoms with Gasteiger partial charge in [0.1, 0.15) is 4.88 Å². The van der Waals surface area contributed by atoms with E-state index in [0.29, 0.717) is 29.8 Å². The number of nitrogens with two attached hydrogens (primary N) is 2. The highest BCUT2D eigenvalue weighted by Crippen LogP contribution is 2.38. The number of hydrogen-bond acceptors (Lipinski definition) is 9. The molecule has 2 amide bonds. The summed E-state index contributed by atoms with van der Waals surface area (Å²) in [6, 6.07) is 9.34. The minimum Gasteiger partial charge on any atom is -0.355 e. The van der Waals surface area contributed by atoms with Crippen LogP contribution in [0.2, 0.25) is 0 Å². The van der Waals surface area contributed by atoms with Crippen LogP contribution in [0.1, 0.15) is 135 Å². The number of aromatic nitrogens is 3. The van der Waals surface area contributed by atoms with Crippen LogP contribution in [0, 0.1) is 6.92 Å². The number of carbonyl (C=O) groups is 2. The predicted octanol–water partition coefficient (Wildman–Crippen LogP) is 8.56. The lowest BCUT2D eigenvalue weighted by Crippen LogP contribution is -2.40. The van der Waals surface area contributed by atoms with Crippen LogP contribution in [0.5, 0.6) is 0 Å². The molecule has 48 heavy (non-hydrogen) atoms. The first-order valence-electron chi connectivity index (χ1n) is 18.3. The molecule has 6 N–H and O–H groups in total. The Morgan fingerprint density at radius 3 is 1.98 bits per heavy atom. The molecule has 0 radical (unpaired) electrons. The maximum absolute atomic E-state index is 11.8. The summed E-state index contributed by atoms with van der Waals surface area (Å²) in [5, 5.41) is 10.1. The van der Waals surface area contributed by atoms with Gasteiger partial charge in [-0.2, -0.15) is 4.98 Å². The molecule has 0 bridgehead atoms. The second kappa shape index (κ2) is 25.8. The van der Waals surface area contributed by atoms with E-state index in [-0.39, 0.29) is 17.9 Å². The molecule has 11 heteroatoms. The normalized spacial score (nSPS) is 11.5. The average molecular weight is 684 g/mol. The van der Waals surface area contributed by atoms with Crippen LogP contribution in [-0.2, 0) is 9.59 Å². The van der Waals surface area contributed by atoms with E-state index in [0.717, 1.165) is 48.4 Å². The maximum Gasteiger partial charge on any atom is 0.270 e. The molecule has 3 aromatic rings. The van der Waals surface area contributed by atoms with Gasteiger partial charge in [0.05, 0.1) is 11.7 Å². The number of carbonyl (C=O) groups excluding carboxylic acids is 2. The van der Waals surface area contributed by atoms with Gasteiger partial charge in [-0.1, -0.05) is 151 Å². The molecule has 0 aliphatic carbocycles. The van der Waals surface area contributed by atoms with Gasteiger partial charge in [-0.3, -0.25) is 9.59 Å². The Labute approximate surface area is 292 Å². The number of nitrogens with zero attached hydrogens (tertiary/aromatic N) is 3. The van der Waals surface area contributed by atoms with Crippen molar-refractivity contribution in [2.24, 2.45) is 11.5 Å². The van der Waals surface area contributed by atoms with Gasteiger partial charge in [0.15, 0.2) is 11.0 Å². The highest BCUT2D eigenvalue weighted by atomic mass is 32.1. The van der Waals surface area contributed by atoms with Gasteiger partial charge in [-0.25, -0.2) is 4.98 Å². The maximum atomic E-state index is 11.8. The number of thiazole rings is 1. The summed E-state index contributed by atoms with van der Waals surface area (Å²) >= 11 is 1.33. The fourth-order valence-electron chi connectivity index (χ4n) is 5.21. The molecule has 2 aromatic heterocycles. The molecule has 0 spiro atoms. The van der Waals surface area contributed by atoms with Crippen LogP contribution in [0.3, 0.4) is 0 Å². The van der Waals surface area contributed by atoms with Crippen LogP contribution >= 0.6 is 11.3 Å². The van der Waals surface area contributed by atoms with Gasteiger partial charge in [-0.15, -0.1) is 0 Å². The number of unbranched alkanes of at least 4 members (excludes halogenated alkanes) is 14. The molecule has 268 valence electrons. The molecule has 0 saturated carbocycles. The predicted molar refractivity (Wildman–Crippen MR) is 199 cm³/mol. The van der Waals surface area contributed by atoms with E-state index in [4.69, 9.17) is 16.0 Å². The molecule has 3 rings (SSSR count). The van der Waals surface area contributed by atoms with Crippen molar-refractivity contribution in [2.45, 2.75) is 142 Å². The van der Waals surface area contributed by atoms with E-state index in [1.54, 1.807) is 13.8 Å². The minimum atomic E-state index is -0.367. The molecule has 1 atom stereocenters. The Morgan fingerprint density at radius 2 is 1.44 bits per heavy atom. The largest absolute Gasteiger partial charge is 0.355 e. The molecular formula is C37H61N7O3S. The van der Waals surface area contributed by atoms with E-state index in [1.807, 2.05) is 30.3 Å². The van der Waals surface area contributed by atoms with Crippen LogP contribution in [0.15, 0.2) is 34.9 Å². The summed E-state index contributed by atoms with van der Waals surface area (Å²) in [5.74, 6) is 0.880. The average Bonchev–Trinajstić information content (AvgIpc) is 3.73. The smallest absolute Gasteiger partial charge is 0.270 e. The fraction of sp³-hybridized carbons (Fsp3) is 0.649. The van der Waals surface area contributed by atoms with E-state index in [2.05, 4.69) is 32.7 Å². The summed E-state index contributed by atoms with van der Waals surface area (Å²) in [6.07, 6.45) is 22.0. The standard InChI is InChI=1S/C22H47N3O.C15H14N4O2S/c1-2-3-4-5-6-7-8-9-10-11-12-13-14-17-20-25-22(26)21(24)18-15-16-19-23;1-3-11(20)17-15-18-12(10-7-5-4-6-8-10)13(22-15)14-16-9(2)19-21-14/h21H,2-20,23-24H2,1H3,(H,25,26);4-8H,3H2,1-2H3,(H,17,18,20)/t21-;/m0./s1. The summed E-state index contributed by atoms with van der Waals surface area (Å²) in [6.45, 7) is 7.27. The van der Waals surface area contributed by atoms with Crippen molar-refractivity contribution in [3.63, 3.8) is 0 Å². The number of aryl methyl sites for hydroxylation is 1. The van der Waals surface area contributed by atoms with E-state index in [1.165, 1.54) is 94.8 Å². The molecule has 0 aliphatic heterocycles. The molecule has 0 saturated heterocycles. The van der Waals surface area contributed by atoms with Gasteiger partial charge in [0.25, 0.3) is 5.89 Å². The molecule has 2 heterocycles. The summed E-state index contributed by atoms with van der Waals surface area (Å²) < 4.78 is 5.25. The van der Waals surface area contributed by atoms with Crippen molar-refractivity contribution in [3.8, 4) is 22.0 Å². The first kappa shape index (κ1) is 41.0. The van der Waals surface area contributed by atoms with Crippen LogP contribution in [0.4, 0.5) is 5.13 Å². The molecule has 0 unspecified atom stereocenters. The molecule has 0 fully saturated rings. The number of rotatable bonds is 24. The third kappa shape index (κ3) is 17.3. The fourth-order valence-corrected chi connectivity index (χ4v) is 6.13. The molecule has 0 aliphatic rings. The van der Waals surface area contributed by atoms with Crippen molar-refractivity contribution in [3.05, 3.63) is 36.2 Å². The lowest BCUT2D eigenvalue weighted by Gasteiger charge is -2.11. The van der Waals surface area contributed by atoms with Gasteiger partial charge < -0.3 is 26.6 Å². The SMILES string of the molecule is CCC(=O)Nc1nc(-c2ccccc2)c(-c2nc(C)no2)s1.CCCCCCCCCCCCCCCCNC(=O)[C@@H](N)CCCCN. The van der Waals surface area contributed by atoms with Crippen LogP contribution in [0.25, 0.3) is 22.0 Å². The number of hydrogen-bond donors (Lipinski definition) is 4. The monoisotopic (exact) mass is 683 g/mol. The Bertz CT molecular complexity index is 1260. The van der Waals surface area contributed by atoms with Gasteiger partial charge in [-0.05, 0) is 32.7 Å². The van der Waals surface area contributed by atoms with Crippen molar-refractivity contribution >= 4 is 28.3 Å². The van der Waals surface area contributed by atoms with Crippen LogP contribution < -0.4 is 22.1 Å². The van der Waals surface area contributed by atoms with Gasteiger partial charge in [0.2, 0.25) is 11.8 Å². The Balaban J connectivity index is 0.000000336. The third-order valence-electron chi connectivity index (χ3n) is 8.10. The zero-order valence-corrected chi connectivity index (χ0v) is 30.6. The Hall–Kier alpha value is -3.15. The van der Waals surface area contributed by atoms with Gasteiger partial charge >= 0.3 is 0 Å². The van der Waals surface area contributed by atoms with Crippen LogP contribution in [-0.4, -0.2) is 46.1 Å². The Kier molecular flexibility index (Phi) is 22.1. The lowest BCUT2D eigenvalue weighted by molar-refractivity contribution is -0.122. The number of nitrogens with one attached hydrogen (secondary N) is 2. The number of anilines is 1. The molecular weight excluding hydrogens is 623 g/mol. The minimum absolute atomic E-state index is 0.00304. The van der Waals surface area contributed by atoms with E-state index < -0.39 is 0 Å². The zero-order chi connectivity index (χ0) is 34.8. The lowest BCUT2D eigenvalue weighted by atomic mass is 10.0. The van der Waals surface area contributed by atoms with Crippen molar-refractivity contribution < 1.29 is 14.1 Å². The topological polar surface area (TPSA) is 162 Å². The first-order chi connectivity index (χ1) is 23.4. The van der Waals surface area contributed by atoms with Crippen molar-refractivity contribution in [1.82, 2.24) is 20.4 Å². The second-order valence-corrected chi connectivity index (χ2v) is 13.4. The summed E-state index contributed by atoms with van der Waals surface area (Å²) in [5.41, 5.74) is 13.0.